The summed E-state index contributed by atoms with van der Waals surface area (Å²) in [5, 5.41) is 1.13. The van der Waals surface area contributed by atoms with Gasteiger partial charge in [-0.15, -0.1) is 0 Å². The Bertz CT molecular complexity index is 687. The fourth-order valence-electron chi connectivity index (χ4n) is 2.08. The molecule has 1 aromatic carbocycles. The van der Waals surface area contributed by atoms with Gasteiger partial charge in [-0.3, -0.25) is 9.97 Å². The van der Waals surface area contributed by atoms with Gasteiger partial charge in [-0.05, 0) is 17.7 Å². The van der Waals surface area contributed by atoms with Crippen molar-refractivity contribution in [1.29, 1.82) is 0 Å². The van der Waals surface area contributed by atoms with Crippen LogP contribution in [0.3, 0.4) is 0 Å². The van der Waals surface area contributed by atoms with E-state index in [4.69, 9.17) is 5.73 Å². The van der Waals surface area contributed by atoms with Crippen molar-refractivity contribution in [2.75, 3.05) is 0 Å². The highest BCUT2D eigenvalue weighted by atomic mass is 14.7. The molecule has 0 saturated carbocycles. The van der Waals surface area contributed by atoms with Crippen LogP contribution in [0.2, 0.25) is 0 Å². The molecule has 2 N–H and O–H groups in total. The number of hydrogen-bond acceptors (Lipinski definition) is 3. The van der Waals surface area contributed by atoms with Crippen LogP contribution >= 0.6 is 0 Å². The molecule has 0 aliphatic heterocycles. The summed E-state index contributed by atoms with van der Waals surface area (Å²) in [6, 6.07) is 12.2. The standard InChI is InChI=1S/C15H13N3/c16-8-11-7-13(10-17-9-11)14-5-1-3-12-4-2-6-18-15(12)14/h1-7,9-10H,8,16H2. The normalized spacial score (nSPS) is 10.7. The molecule has 2 aromatic heterocycles. The molecule has 0 unspecified atom stereocenters. The first-order valence-electron chi connectivity index (χ1n) is 5.86. The van der Waals surface area contributed by atoms with Gasteiger partial charge in [-0.25, -0.2) is 0 Å². The minimum Gasteiger partial charge on any atom is -0.326 e. The Kier molecular flexibility index (Phi) is 2.74. The van der Waals surface area contributed by atoms with Gasteiger partial charge in [0.1, 0.15) is 0 Å². The first-order chi connectivity index (χ1) is 8.88. The van der Waals surface area contributed by atoms with Gasteiger partial charge >= 0.3 is 0 Å². The fourth-order valence-corrected chi connectivity index (χ4v) is 2.08. The lowest BCUT2D eigenvalue weighted by Gasteiger charge is -2.06. The summed E-state index contributed by atoms with van der Waals surface area (Å²) < 4.78 is 0. The number of nitrogens with two attached hydrogens (primary N) is 1. The maximum Gasteiger partial charge on any atom is 0.0780 e. The summed E-state index contributed by atoms with van der Waals surface area (Å²) in [6.45, 7) is 0.499. The van der Waals surface area contributed by atoms with E-state index in [1.807, 2.05) is 24.5 Å². The number of aromatic nitrogens is 2. The molecular weight excluding hydrogens is 222 g/mol. The number of rotatable bonds is 2. The second-order valence-electron chi connectivity index (χ2n) is 4.17. The molecule has 0 spiro atoms. The third-order valence-corrected chi connectivity index (χ3v) is 2.97. The van der Waals surface area contributed by atoms with E-state index in [1.165, 1.54) is 0 Å². The number of hydrogen-bond donors (Lipinski definition) is 1. The van der Waals surface area contributed by atoms with Crippen LogP contribution in [0.4, 0.5) is 0 Å². The highest BCUT2D eigenvalue weighted by Crippen LogP contribution is 2.26. The molecule has 3 rings (SSSR count). The minimum absolute atomic E-state index is 0.499. The molecule has 3 nitrogen and oxygen atoms in total. The van der Waals surface area contributed by atoms with Crippen molar-refractivity contribution in [1.82, 2.24) is 9.97 Å². The van der Waals surface area contributed by atoms with E-state index in [0.717, 1.165) is 27.6 Å². The van der Waals surface area contributed by atoms with E-state index in [9.17, 15) is 0 Å². The molecule has 0 radical (unpaired) electrons. The van der Waals surface area contributed by atoms with Gasteiger partial charge in [0, 0.05) is 41.6 Å². The number of benzene rings is 1. The van der Waals surface area contributed by atoms with Crippen molar-refractivity contribution in [3.8, 4) is 11.1 Å². The summed E-state index contributed by atoms with van der Waals surface area (Å²) in [7, 11) is 0. The summed E-state index contributed by atoms with van der Waals surface area (Å²) >= 11 is 0. The Balaban J connectivity index is 2.24. The summed E-state index contributed by atoms with van der Waals surface area (Å²) in [4.78, 5) is 8.68. The van der Waals surface area contributed by atoms with Crippen LogP contribution in [0.1, 0.15) is 5.56 Å². The van der Waals surface area contributed by atoms with Crippen LogP contribution in [0.25, 0.3) is 22.0 Å². The zero-order chi connectivity index (χ0) is 12.4. The van der Waals surface area contributed by atoms with Gasteiger partial charge < -0.3 is 5.73 Å². The zero-order valence-corrected chi connectivity index (χ0v) is 9.88. The van der Waals surface area contributed by atoms with Crippen molar-refractivity contribution >= 4 is 10.9 Å². The van der Waals surface area contributed by atoms with Gasteiger partial charge in [0.25, 0.3) is 0 Å². The molecule has 0 aliphatic carbocycles. The van der Waals surface area contributed by atoms with Gasteiger partial charge in [0.05, 0.1) is 5.52 Å². The van der Waals surface area contributed by atoms with Crippen molar-refractivity contribution < 1.29 is 0 Å². The maximum absolute atomic E-state index is 5.65. The number of nitrogens with zero attached hydrogens (tertiary/aromatic N) is 2. The average Bonchev–Trinajstić information content (AvgIpc) is 2.47. The average molecular weight is 235 g/mol. The highest BCUT2D eigenvalue weighted by Gasteiger charge is 2.05. The highest BCUT2D eigenvalue weighted by molar-refractivity contribution is 5.93. The van der Waals surface area contributed by atoms with Crippen LogP contribution in [-0.4, -0.2) is 9.97 Å². The monoisotopic (exact) mass is 235 g/mol. The van der Waals surface area contributed by atoms with Gasteiger partial charge in [-0.2, -0.15) is 0 Å². The third kappa shape index (κ3) is 1.85. The van der Waals surface area contributed by atoms with Gasteiger partial charge in [0.2, 0.25) is 0 Å². The Labute approximate surface area is 105 Å². The van der Waals surface area contributed by atoms with Crippen LogP contribution in [0.15, 0.2) is 55.0 Å². The zero-order valence-electron chi connectivity index (χ0n) is 9.88. The number of fused-ring (bicyclic) bond motifs is 1. The Morgan fingerprint density at radius 1 is 1.06 bits per heavy atom. The molecule has 0 fully saturated rings. The van der Waals surface area contributed by atoms with E-state index in [0.29, 0.717) is 6.54 Å². The van der Waals surface area contributed by atoms with Crippen LogP contribution in [0.5, 0.6) is 0 Å². The summed E-state index contributed by atoms with van der Waals surface area (Å²) in [6.07, 6.45) is 5.46. The lowest BCUT2D eigenvalue weighted by atomic mass is 10.0. The van der Waals surface area contributed by atoms with Crippen LogP contribution in [-0.2, 0) is 6.54 Å². The van der Waals surface area contributed by atoms with Crippen molar-refractivity contribution in [2.45, 2.75) is 6.54 Å². The van der Waals surface area contributed by atoms with Crippen LogP contribution in [0, 0.1) is 0 Å². The summed E-state index contributed by atoms with van der Waals surface area (Å²) in [5.74, 6) is 0. The largest absolute Gasteiger partial charge is 0.326 e. The second kappa shape index (κ2) is 4.55. The fraction of sp³-hybridized carbons (Fsp3) is 0.0667. The predicted molar refractivity (Wildman–Crippen MR) is 72.9 cm³/mol. The van der Waals surface area contributed by atoms with E-state index < -0.39 is 0 Å². The Morgan fingerprint density at radius 2 is 1.94 bits per heavy atom. The summed E-state index contributed by atoms with van der Waals surface area (Å²) in [5.41, 5.74) is 9.83. The van der Waals surface area contributed by atoms with E-state index in [2.05, 4.69) is 34.2 Å². The minimum atomic E-state index is 0.499. The Morgan fingerprint density at radius 3 is 2.83 bits per heavy atom. The second-order valence-corrected chi connectivity index (χ2v) is 4.17. The molecule has 3 heteroatoms. The van der Waals surface area contributed by atoms with E-state index >= 15 is 0 Å². The first-order valence-corrected chi connectivity index (χ1v) is 5.86. The lowest BCUT2D eigenvalue weighted by molar-refractivity contribution is 1.05. The molecule has 88 valence electrons. The van der Waals surface area contributed by atoms with Crippen molar-refractivity contribution in [2.24, 2.45) is 5.73 Å². The predicted octanol–water partition coefficient (Wildman–Crippen LogP) is 2.76. The van der Waals surface area contributed by atoms with Crippen molar-refractivity contribution in [3.05, 3.63) is 60.6 Å². The SMILES string of the molecule is NCc1cncc(-c2cccc3cccnc23)c1. The smallest absolute Gasteiger partial charge is 0.0780 e. The molecule has 0 bridgehead atoms. The van der Waals surface area contributed by atoms with E-state index in [-0.39, 0.29) is 0 Å². The molecule has 0 amide bonds. The topological polar surface area (TPSA) is 51.8 Å². The van der Waals surface area contributed by atoms with Crippen molar-refractivity contribution in [3.63, 3.8) is 0 Å². The van der Waals surface area contributed by atoms with Gasteiger partial charge in [0.15, 0.2) is 0 Å². The quantitative estimate of drug-likeness (QED) is 0.743. The molecule has 3 aromatic rings. The number of para-hydroxylation sites is 1. The molecule has 0 saturated heterocycles. The maximum atomic E-state index is 5.65. The third-order valence-electron chi connectivity index (χ3n) is 2.97. The molecule has 2 heterocycles. The van der Waals surface area contributed by atoms with Gasteiger partial charge in [-0.1, -0.05) is 24.3 Å². The lowest BCUT2D eigenvalue weighted by Crippen LogP contribution is -1.97. The van der Waals surface area contributed by atoms with Crippen LogP contribution < -0.4 is 5.73 Å². The van der Waals surface area contributed by atoms with E-state index in [1.54, 1.807) is 6.20 Å². The number of pyridine rings is 2. The molecule has 18 heavy (non-hydrogen) atoms. The Hall–Kier alpha value is -2.26. The molecule has 0 atom stereocenters. The first kappa shape index (κ1) is 10.9. The molecular formula is C15H13N3. The molecule has 0 aliphatic rings.